The van der Waals surface area contributed by atoms with Gasteiger partial charge in [-0.1, -0.05) is 18.2 Å². The molecule has 0 aliphatic carbocycles. The Morgan fingerprint density at radius 3 is 2.67 bits per heavy atom. The number of halogens is 1. The molecular weight excluding hydrogens is 349 g/mol. The maximum Gasteiger partial charge on any atom is 0.317 e. The first-order chi connectivity index (χ1) is 13.2. The Hall–Kier alpha value is -3.81. The lowest BCUT2D eigenvalue weighted by atomic mass is 10.2. The summed E-state index contributed by atoms with van der Waals surface area (Å²) in [4.78, 5) is 21.3. The number of anilines is 1. The number of hydrogen-bond acceptors (Lipinski definition) is 6. The summed E-state index contributed by atoms with van der Waals surface area (Å²) < 4.78 is 19.4. The Balaban J connectivity index is 1.66. The van der Waals surface area contributed by atoms with Crippen molar-refractivity contribution in [2.45, 2.75) is 6.54 Å². The number of nitrogens with one attached hydrogen (secondary N) is 1. The summed E-state index contributed by atoms with van der Waals surface area (Å²) in [6.45, 7) is 0.339. The van der Waals surface area contributed by atoms with Gasteiger partial charge in [-0.2, -0.15) is 9.67 Å². The third-order valence-corrected chi connectivity index (χ3v) is 3.79. The highest BCUT2D eigenvalue weighted by Crippen LogP contribution is 2.18. The van der Waals surface area contributed by atoms with Crippen molar-refractivity contribution in [1.82, 2.24) is 19.7 Å². The van der Waals surface area contributed by atoms with Crippen LogP contribution in [0, 0.1) is 5.82 Å². The molecular formula is C19H14FN5O2. The van der Waals surface area contributed by atoms with Gasteiger partial charge in [0.15, 0.2) is 5.76 Å². The molecule has 0 bridgehead atoms. The van der Waals surface area contributed by atoms with Gasteiger partial charge in [-0.3, -0.25) is 9.78 Å². The molecule has 0 saturated carbocycles. The van der Waals surface area contributed by atoms with Crippen LogP contribution in [0.2, 0.25) is 0 Å². The van der Waals surface area contributed by atoms with Gasteiger partial charge >= 0.3 is 5.91 Å². The van der Waals surface area contributed by atoms with E-state index in [4.69, 9.17) is 4.42 Å². The summed E-state index contributed by atoms with van der Waals surface area (Å²) in [5, 5.41) is 7.33. The second kappa shape index (κ2) is 7.20. The second-order valence-corrected chi connectivity index (χ2v) is 5.65. The molecule has 0 saturated heterocycles. The van der Waals surface area contributed by atoms with E-state index in [9.17, 15) is 9.18 Å². The zero-order valence-electron chi connectivity index (χ0n) is 14.0. The van der Waals surface area contributed by atoms with Crippen molar-refractivity contribution in [3.63, 3.8) is 0 Å². The van der Waals surface area contributed by atoms with Crippen molar-refractivity contribution in [1.29, 1.82) is 0 Å². The Morgan fingerprint density at radius 2 is 1.96 bits per heavy atom. The number of carbonyl (C=O) groups excluding carboxylic acids is 1. The first kappa shape index (κ1) is 16.6. The van der Waals surface area contributed by atoms with Crippen molar-refractivity contribution in [2.75, 3.05) is 5.32 Å². The summed E-state index contributed by atoms with van der Waals surface area (Å²) in [7, 11) is 0. The fraction of sp³-hybridized carbons (Fsp3) is 0.0526. The van der Waals surface area contributed by atoms with Gasteiger partial charge in [-0.25, -0.2) is 4.39 Å². The molecule has 0 spiro atoms. The van der Waals surface area contributed by atoms with Crippen molar-refractivity contribution >= 4 is 11.9 Å². The van der Waals surface area contributed by atoms with E-state index in [1.54, 1.807) is 42.6 Å². The molecule has 1 N–H and O–H groups in total. The molecule has 0 atom stereocenters. The number of nitrogens with zero attached hydrogens (tertiary/aromatic N) is 4. The Morgan fingerprint density at radius 1 is 1.11 bits per heavy atom. The average molecular weight is 363 g/mol. The lowest BCUT2D eigenvalue weighted by molar-refractivity contribution is 0.0919. The first-order valence-electron chi connectivity index (χ1n) is 8.16. The molecule has 7 nitrogen and oxygen atoms in total. The highest BCUT2D eigenvalue weighted by Gasteiger charge is 2.20. The summed E-state index contributed by atoms with van der Waals surface area (Å²) >= 11 is 0. The van der Waals surface area contributed by atoms with Crippen LogP contribution in [0.5, 0.6) is 0 Å². The van der Waals surface area contributed by atoms with Crippen LogP contribution in [0.4, 0.5) is 10.3 Å². The van der Waals surface area contributed by atoms with Gasteiger partial charge in [0.25, 0.3) is 0 Å². The third-order valence-electron chi connectivity index (χ3n) is 3.79. The minimum atomic E-state index is -0.462. The molecule has 0 fully saturated rings. The molecule has 0 radical (unpaired) electrons. The molecule has 27 heavy (non-hydrogen) atoms. The van der Waals surface area contributed by atoms with Crippen LogP contribution < -0.4 is 5.32 Å². The molecule has 0 amide bonds. The molecule has 8 heteroatoms. The van der Waals surface area contributed by atoms with E-state index in [1.807, 2.05) is 6.07 Å². The minimum absolute atomic E-state index is 0.136. The molecule has 3 aromatic heterocycles. The van der Waals surface area contributed by atoms with Gasteiger partial charge in [0.1, 0.15) is 11.5 Å². The van der Waals surface area contributed by atoms with Gasteiger partial charge in [0.05, 0.1) is 6.26 Å². The number of pyridine rings is 1. The van der Waals surface area contributed by atoms with Crippen LogP contribution in [-0.4, -0.2) is 25.7 Å². The Bertz CT molecular complexity index is 1040. The topological polar surface area (TPSA) is 85.8 Å². The van der Waals surface area contributed by atoms with E-state index < -0.39 is 5.91 Å². The molecule has 0 aliphatic heterocycles. The molecule has 4 aromatic rings. The van der Waals surface area contributed by atoms with E-state index in [0.717, 1.165) is 10.2 Å². The van der Waals surface area contributed by atoms with Gasteiger partial charge in [-0.05, 0) is 42.0 Å². The normalized spacial score (nSPS) is 10.7. The number of hydrogen-bond donors (Lipinski definition) is 1. The van der Waals surface area contributed by atoms with E-state index in [2.05, 4.69) is 20.4 Å². The van der Waals surface area contributed by atoms with E-state index >= 15 is 0 Å². The highest BCUT2D eigenvalue weighted by molar-refractivity contribution is 5.94. The molecule has 134 valence electrons. The maximum absolute atomic E-state index is 13.1. The van der Waals surface area contributed by atoms with E-state index in [1.165, 1.54) is 18.4 Å². The SMILES string of the molecule is O=C(c1ccco1)n1nc(-c2ccccn2)nc1NCc1ccc(F)cc1. The first-order valence-corrected chi connectivity index (χ1v) is 8.16. The monoisotopic (exact) mass is 363 g/mol. The third kappa shape index (κ3) is 3.59. The maximum atomic E-state index is 13.1. The van der Waals surface area contributed by atoms with Gasteiger partial charge < -0.3 is 9.73 Å². The number of carbonyl (C=O) groups is 1. The van der Waals surface area contributed by atoms with Crippen LogP contribution in [0.3, 0.4) is 0 Å². The fourth-order valence-electron chi connectivity index (χ4n) is 2.46. The average Bonchev–Trinajstić information content (AvgIpc) is 3.38. The number of furan rings is 1. The van der Waals surface area contributed by atoms with Crippen molar-refractivity contribution < 1.29 is 13.6 Å². The largest absolute Gasteiger partial charge is 0.459 e. The van der Waals surface area contributed by atoms with Crippen molar-refractivity contribution in [3.8, 4) is 11.5 Å². The highest BCUT2D eigenvalue weighted by atomic mass is 19.1. The van der Waals surface area contributed by atoms with Crippen LogP contribution in [0.15, 0.2) is 71.5 Å². The lowest BCUT2D eigenvalue weighted by Crippen LogP contribution is -2.17. The molecule has 4 rings (SSSR count). The zero-order valence-corrected chi connectivity index (χ0v) is 14.0. The smallest absolute Gasteiger partial charge is 0.317 e. The van der Waals surface area contributed by atoms with Crippen LogP contribution in [-0.2, 0) is 6.54 Å². The van der Waals surface area contributed by atoms with Crippen molar-refractivity contribution in [3.05, 3.63) is 84.2 Å². The predicted molar refractivity (Wildman–Crippen MR) is 95.4 cm³/mol. The predicted octanol–water partition coefficient (Wildman–Crippen LogP) is 3.37. The minimum Gasteiger partial charge on any atom is -0.459 e. The zero-order chi connectivity index (χ0) is 18.6. The van der Waals surface area contributed by atoms with Crippen molar-refractivity contribution in [2.24, 2.45) is 0 Å². The summed E-state index contributed by atoms with van der Waals surface area (Å²) in [6, 6.07) is 14.5. The Kier molecular flexibility index (Phi) is 4.44. The fourth-order valence-corrected chi connectivity index (χ4v) is 2.46. The quantitative estimate of drug-likeness (QED) is 0.585. The number of aromatic nitrogens is 4. The van der Waals surface area contributed by atoms with Crippen LogP contribution in [0.1, 0.15) is 16.1 Å². The van der Waals surface area contributed by atoms with E-state index in [-0.39, 0.29) is 17.5 Å². The van der Waals surface area contributed by atoms with E-state index in [0.29, 0.717) is 18.1 Å². The van der Waals surface area contributed by atoms with Gasteiger partial charge in [-0.15, -0.1) is 5.10 Å². The number of rotatable bonds is 5. The Labute approximate surface area is 153 Å². The molecule has 0 unspecified atom stereocenters. The van der Waals surface area contributed by atoms with Crippen LogP contribution in [0.25, 0.3) is 11.5 Å². The van der Waals surface area contributed by atoms with Crippen LogP contribution >= 0.6 is 0 Å². The molecule has 3 heterocycles. The molecule has 1 aromatic carbocycles. The second-order valence-electron chi connectivity index (χ2n) is 5.65. The summed E-state index contributed by atoms with van der Waals surface area (Å²) in [6.07, 6.45) is 3.03. The summed E-state index contributed by atoms with van der Waals surface area (Å²) in [5.41, 5.74) is 1.36. The lowest BCUT2D eigenvalue weighted by Gasteiger charge is -2.06. The van der Waals surface area contributed by atoms with Gasteiger partial charge in [0, 0.05) is 12.7 Å². The van der Waals surface area contributed by atoms with Gasteiger partial charge in [0.2, 0.25) is 11.8 Å². The standard InChI is InChI=1S/C19H14FN5O2/c20-14-8-6-13(7-9-14)12-22-19-23-17(15-4-1-2-10-21-15)24-25(19)18(26)16-5-3-11-27-16/h1-11H,12H2,(H,22,23,24). The number of benzene rings is 1. The summed E-state index contributed by atoms with van der Waals surface area (Å²) in [5.74, 6) is -0.0977. The molecule has 0 aliphatic rings.